The summed E-state index contributed by atoms with van der Waals surface area (Å²) in [6.45, 7) is 3.52. The number of nitrogens with one attached hydrogen (secondary N) is 2. The molecule has 46 heavy (non-hydrogen) atoms. The van der Waals surface area contributed by atoms with Crippen LogP contribution in [-0.4, -0.2) is 104 Å². The zero-order valence-electron chi connectivity index (χ0n) is 25.0. The Morgan fingerprint density at radius 3 is 1.43 bits per heavy atom. The molecule has 2 rings (SSSR count). The number of morpholine rings is 1. The Hall–Kier alpha value is -1.61. The van der Waals surface area contributed by atoms with Crippen LogP contribution in [0.25, 0.3) is 0 Å². The molecule has 1 aromatic rings. The van der Waals surface area contributed by atoms with Crippen molar-refractivity contribution >= 4 is 138 Å². The fourth-order valence-electron chi connectivity index (χ4n) is 3.96. The van der Waals surface area contributed by atoms with Gasteiger partial charge in [-0.3, -0.25) is 33.6 Å². The van der Waals surface area contributed by atoms with E-state index in [1.807, 2.05) is 67.8 Å². The molecule has 19 heteroatoms. The summed E-state index contributed by atoms with van der Waals surface area (Å²) in [5.74, 6) is -4.25. The van der Waals surface area contributed by atoms with Crippen LogP contribution in [-0.2, 0) is 47.7 Å². The minimum Gasteiger partial charge on any atom is -0.464 e. The second-order valence-electron chi connectivity index (χ2n) is 9.68. The fourth-order valence-corrected chi connectivity index (χ4v) is 9.28. The van der Waals surface area contributed by atoms with E-state index in [4.69, 9.17) is 23.7 Å². The van der Waals surface area contributed by atoms with E-state index < -0.39 is 53.8 Å². The predicted molar refractivity (Wildman–Crippen MR) is 195 cm³/mol. The summed E-state index contributed by atoms with van der Waals surface area (Å²) >= 11 is 7.84. The van der Waals surface area contributed by atoms with Crippen LogP contribution in [0, 0.1) is 10.7 Å². The summed E-state index contributed by atoms with van der Waals surface area (Å²) < 4.78 is 27.0. The second kappa shape index (κ2) is 19.4. The summed E-state index contributed by atoms with van der Waals surface area (Å²) in [5.41, 5.74) is 0.362. The molecular formula is C27H31I4N3O12. The number of anilines is 1. The van der Waals surface area contributed by atoms with Gasteiger partial charge in [-0.05, 0) is 67.8 Å². The van der Waals surface area contributed by atoms with Crippen molar-refractivity contribution in [1.29, 1.82) is 0 Å². The third-order valence-electron chi connectivity index (χ3n) is 5.96. The van der Waals surface area contributed by atoms with E-state index in [0.717, 1.165) is 0 Å². The van der Waals surface area contributed by atoms with Crippen LogP contribution in [0.5, 0.6) is 0 Å². The van der Waals surface area contributed by atoms with E-state index in [0.29, 0.717) is 17.3 Å². The highest BCUT2D eigenvalue weighted by Crippen LogP contribution is 2.39. The molecule has 1 aromatic carbocycles. The number of carbonyl (C=O) groups excluding carboxylic acids is 7. The average molecular weight is 1100 g/mol. The zero-order chi connectivity index (χ0) is 34.7. The van der Waals surface area contributed by atoms with Gasteiger partial charge in [-0.15, -0.1) is 0 Å². The number of hydrogen-bond donors (Lipinski definition) is 2. The number of rotatable bonds is 14. The molecule has 1 atom stereocenters. The monoisotopic (exact) mass is 1100 g/mol. The standard InChI is InChI=1S/C27H31I4N3O12/c1-12(35)43-6-16(7-44-13(2)36)32-26(40)20-22(29)21(27(41)33-17(8-45-14(3)37)9-46-15(4)38)24(31)25(23(20)30)34-18(5-28)10-42-11-19(34)39/h16-18H,5-11H2,1-4H3,(H,32,40)(H,33,41). The van der Waals surface area contributed by atoms with Crippen LogP contribution in [0.3, 0.4) is 0 Å². The highest BCUT2D eigenvalue weighted by Gasteiger charge is 2.37. The van der Waals surface area contributed by atoms with Crippen LogP contribution in [0.15, 0.2) is 0 Å². The molecule has 1 aliphatic heterocycles. The first-order valence-electron chi connectivity index (χ1n) is 13.4. The van der Waals surface area contributed by atoms with E-state index in [2.05, 4.69) is 33.2 Å². The molecule has 1 aliphatic rings. The molecule has 0 bridgehead atoms. The molecule has 3 amide bonds. The van der Waals surface area contributed by atoms with Crippen molar-refractivity contribution in [2.45, 2.75) is 45.8 Å². The molecule has 1 heterocycles. The Bertz CT molecular complexity index is 1260. The van der Waals surface area contributed by atoms with Crippen molar-refractivity contribution in [2.24, 2.45) is 0 Å². The lowest BCUT2D eigenvalue weighted by Gasteiger charge is -2.37. The lowest BCUT2D eigenvalue weighted by molar-refractivity contribution is -0.146. The lowest BCUT2D eigenvalue weighted by Crippen LogP contribution is -2.52. The maximum atomic E-state index is 13.9. The summed E-state index contributed by atoms with van der Waals surface area (Å²) in [6.07, 6.45) is 0. The van der Waals surface area contributed by atoms with Crippen molar-refractivity contribution in [3.63, 3.8) is 0 Å². The number of esters is 4. The van der Waals surface area contributed by atoms with E-state index in [9.17, 15) is 33.6 Å². The number of hydrogen-bond acceptors (Lipinski definition) is 12. The maximum absolute atomic E-state index is 13.9. The Morgan fingerprint density at radius 2 is 1.11 bits per heavy atom. The first-order chi connectivity index (χ1) is 21.6. The molecule has 1 saturated heterocycles. The minimum atomic E-state index is -0.948. The highest BCUT2D eigenvalue weighted by atomic mass is 127. The molecule has 0 aromatic heterocycles. The lowest BCUT2D eigenvalue weighted by atomic mass is 10.0. The summed E-state index contributed by atoms with van der Waals surface area (Å²) in [6, 6.07) is -2.32. The molecule has 0 spiro atoms. The topological polar surface area (TPSA) is 193 Å². The van der Waals surface area contributed by atoms with Gasteiger partial charge in [-0.1, -0.05) is 22.6 Å². The third-order valence-corrected chi connectivity index (χ3v) is 10.2. The van der Waals surface area contributed by atoms with Gasteiger partial charge in [0.2, 0.25) is 0 Å². The first kappa shape index (κ1) is 40.6. The average Bonchev–Trinajstić information content (AvgIpc) is 2.96. The van der Waals surface area contributed by atoms with Crippen LogP contribution in [0.1, 0.15) is 48.4 Å². The predicted octanol–water partition coefficient (Wildman–Crippen LogP) is 2.12. The first-order valence-corrected chi connectivity index (χ1v) is 18.2. The number of nitrogens with zero attached hydrogens (tertiary/aromatic N) is 1. The van der Waals surface area contributed by atoms with Gasteiger partial charge < -0.3 is 39.2 Å². The number of amides is 3. The van der Waals surface area contributed by atoms with Gasteiger partial charge in [0, 0.05) is 35.7 Å². The molecule has 254 valence electrons. The summed E-state index contributed by atoms with van der Waals surface area (Å²) in [7, 11) is 0. The van der Waals surface area contributed by atoms with Crippen molar-refractivity contribution in [3.8, 4) is 0 Å². The Morgan fingerprint density at radius 1 is 0.739 bits per heavy atom. The van der Waals surface area contributed by atoms with Crippen molar-refractivity contribution in [1.82, 2.24) is 10.6 Å². The molecule has 15 nitrogen and oxygen atoms in total. The number of ether oxygens (including phenoxy) is 5. The molecule has 1 fully saturated rings. The van der Waals surface area contributed by atoms with Gasteiger partial charge in [0.15, 0.2) is 0 Å². The smallest absolute Gasteiger partial charge is 0.302 e. The van der Waals surface area contributed by atoms with Crippen LogP contribution >= 0.6 is 90.4 Å². The van der Waals surface area contributed by atoms with Gasteiger partial charge in [0.25, 0.3) is 17.7 Å². The third kappa shape index (κ3) is 11.8. The Labute approximate surface area is 319 Å². The molecule has 0 radical (unpaired) electrons. The number of alkyl halides is 1. The molecular weight excluding hydrogens is 1070 g/mol. The number of benzene rings is 1. The Balaban J connectivity index is 2.71. The van der Waals surface area contributed by atoms with Gasteiger partial charge in [-0.2, -0.15) is 0 Å². The van der Waals surface area contributed by atoms with E-state index in [1.54, 1.807) is 0 Å². The largest absolute Gasteiger partial charge is 0.464 e. The second-order valence-corrected chi connectivity index (χ2v) is 13.8. The van der Waals surface area contributed by atoms with Crippen molar-refractivity contribution < 1.29 is 57.2 Å². The summed E-state index contributed by atoms with van der Waals surface area (Å²) in [5, 5.41) is 5.40. The highest BCUT2D eigenvalue weighted by molar-refractivity contribution is 14.1. The number of halogens is 4. The maximum Gasteiger partial charge on any atom is 0.302 e. The zero-order valence-corrected chi connectivity index (χ0v) is 33.7. The molecule has 0 saturated carbocycles. The minimum absolute atomic E-state index is 0.0282. The van der Waals surface area contributed by atoms with Crippen molar-refractivity contribution in [3.05, 3.63) is 21.8 Å². The normalized spacial score (nSPS) is 14.5. The van der Waals surface area contributed by atoms with E-state index in [-0.39, 0.29) is 60.2 Å². The SMILES string of the molecule is CC(=O)OCC(COC(C)=O)NC(=O)c1c(I)c(C(=O)NC(COC(C)=O)COC(C)=O)c(I)c(N2C(=O)COCC2CI)c1I. The quantitative estimate of drug-likeness (QED) is 0.120. The molecule has 1 unspecified atom stereocenters. The van der Waals surface area contributed by atoms with Gasteiger partial charge in [0.1, 0.15) is 33.0 Å². The van der Waals surface area contributed by atoms with Gasteiger partial charge >= 0.3 is 23.9 Å². The van der Waals surface area contributed by atoms with Crippen LogP contribution < -0.4 is 15.5 Å². The van der Waals surface area contributed by atoms with Gasteiger partial charge in [-0.25, -0.2) is 0 Å². The molecule has 0 aliphatic carbocycles. The van der Waals surface area contributed by atoms with E-state index >= 15 is 0 Å². The fraction of sp³-hybridized carbons (Fsp3) is 0.519. The van der Waals surface area contributed by atoms with Crippen LogP contribution in [0.4, 0.5) is 5.69 Å². The Kier molecular flexibility index (Phi) is 17.1. The molecule has 2 N–H and O–H groups in total. The van der Waals surface area contributed by atoms with Gasteiger partial charge in [0.05, 0.1) is 48.7 Å². The van der Waals surface area contributed by atoms with Crippen LogP contribution in [0.2, 0.25) is 0 Å². The number of carbonyl (C=O) groups is 7. The van der Waals surface area contributed by atoms with E-state index in [1.165, 1.54) is 32.6 Å². The van der Waals surface area contributed by atoms with Crippen molar-refractivity contribution in [2.75, 3.05) is 49.0 Å². The summed E-state index contributed by atoms with van der Waals surface area (Å²) in [4.78, 5) is 88.6.